The third kappa shape index (κ3) is 1.83. The summed E-state index contributed by atoms with van der Waals surface area (Å²) in [6, 6.07) is 8.97. The van der Waals surface area contributed by atoms with E-state index in [2.05, 4.69) is 36.5 Å². The standard InChI is InChI=1S/C13H19N/c1-10-4-3-5-11(8-10)13-7-6-12(13)9-14-2/h3-5,8,12-14H,6-7,9H2,1-2H3. The maximum absolute atomic E-state index is 3.28. The molecule has 0 amide bonds. The fourth-order valence-corrected chi connectivity index (χ4v) is 2.42. The van der Waals surface area contributed by atoms with Gasteiger partial charge in [0.15, 0.2) is 0 Å². The highest BCUT2D eigenvalue weighted by atomic mass is 14.8. The van der Waals surface area contributed by atoms with Crippen LogP contribution in [0.3, 0.4) is 0 Å². The van der Waals surface area contributed by atoms with E-state index in [-0.39, 0.29) is 0 Å². The third-order valence-electron chi connectivity index (χ3n) is 3.35. The molecule has 1 nitrogen and oxygen atoms in total. The largest absolute Gasteiger partial charge is 0.319 e. The molecule has 14 heavy (non-hydrogen) atoms. The van der Waals surface area contributed by atoms with Crippen molar-refractivity contribution in [2.45, 2.75) is 25.7 Å². The van der Waals surface area contributed by atoms with Crippen LogP contribution < -0.4 is 5.32 Å². The summed E-state index contributed by atoms with van der Waals surface area (Å²) in [6.45, 7) is 3.34. The Morgan fingerprint density at radius 1 is 1.36 bits per heavy atom. The van der Waals surface area contributed by atoms with Crippen LogP contribution in [0.1, 0.15) is 29.9 Å². The predicted octanol–water partition coefficient (Wildman–Crippen LogP) is 2.71. The van der Waals surface area contributed by atoms with Gasteiger partial charge in [-0.25, -0.2) is 0 Å². The summed E-state index contributed by atoms with van der Waals surface area (Å²) in [7, 11) is 2.05. The monoisotopic (exact) mass is 189 g/mol. The highest BCUT2D eigenvalue weighted by Crippen LogP contribution is 2.42. The summed E-state index contributed by atoms with van der Waals surface area (Å²) in [6.07, 6.45) is 2.76. The molecule has 2 rings (SSSR count). The summed E-state index contributed by atoms with van der Waals surface area (Å²) in [4.78, 5) is 0. The molecule has 2 atom stereocenters. The molecule has 1 N–H and O–H groups in total. The molecule has 0 radical (unpaired) electrons. The van der Waals surface area contributed by atoms with Gasteiger partial charge in [0.05, 0.1) is 0 Å². The molecular weight excluding hydrogens is 170 g/mol. The smallest absolute Gasteiger partial charge is 0.00177 e. The van der Waals surface area contributed by atoms with Gasteiger partial charge in [0.1, 0.15) is 0 Å². The molecule has 2 unspecified atom stereocenters. The second-order valence-corrected chi connectivity index (χ2v) is 4.42. The van der Waals surface area contributed by atoms with Crippen LogP contribution in [0.15, 0.2) is 24.3 Å². The molecule has 1 fully saturated rings. The van der Waals surface area contributed by atoms with Crippen molar-refractivity contribution in [3.8, 4) is 0 Å². The quantitative estimate of drug-likeness (QED) is 0.771. The Morgan fingerprint density at radius 2 is 2.21 bits per heavy atom. The van der Waals surface area contributed by atoms with E-state index in [0.29, 0.717) is 0 Å². The van der Waals surface area contributed by atoms with E-state index in [9.17, 15) is 0 Å². The Kier molecular flexibility index (Phi) is 2.87. The molecule has 1 aromatic rings. The van der Waals surface area contributed by atoms with Gasteiger partial charge in [-0.15, -0.1) is 0 Å². The number of hydrogen-bond donors (Lipinski definition) is 1. The van der Waals surface area contributed by atoms with E-state index in [1.54, 1.807) is 0 Å². The average Bonchev–Trinajstić information content (AvgIpc) is 2.12. The zero-order valence-electron chi connectivity index (χ0n) is 9.09. The van der Waals surface area contributed by atoms with Gasteiger partial charge in [0, 0.05) is 0 Å². The van der Waals surface area contributed by atoms with Crippen molar-refractivity contribution in [2.75, 3.05) is 13.6 Å². The number of hydrogen-bond acceptors (Lipinski definition) is 1. The lowest BCUT2D eigenvalue weighted by Gasteiger charge is -2.37. The van der Waals surface area contributed by atoms with Crippen molar-refractivity contribution in [2.24, 2.45) is 5.92 Å². The number of rotatable bonds is 3. The highest BCUT2D eigenvalue weighted by Gasteiger charge is 2.31. The van der Waals surface area contributed by atoms with Crippen LogP contribution in [0.2, 0.25) is 0 Å². The first-order chi connectivity index (χ1) is 6.81. The first-order valence-corrected chi connectivity index (χ1v) is 5.52. The highest BCUT2D eigenvalue weighted by molar-refractivity contribution is 5.27. The van der Waals surface area contributed by atoms with E-state index in [0.717, 1.165) is 11.8 Å². The molecule has 0 heterocycles. The fraction of sp³-hybridized carbons (Fsp3) is 0.538. The minimum Gasteiger partial charge on any atom is -0.319 e. The maximum Gasteiger partial charge on any atom is -0.00177 e. The van der Waals surface area contributed by atoms with Crippen LogP contribution in [-0.4, -0.2) is 13.6 Å². The van der Waals surface area contributed by atoms with Gasteiger partial charge in [0.25, 0.3) is 0 Å². The summed E-state index contributed by atoms with van der Waals surface area (Å²) in [5.41, 5.74) is 2.93. The van der Waals surface area contributed by atoms with Crippen LogP contribution in [0.4, 0.5) is 0 Å². The van der Waals surface area contributed by atoms with Crippen LogP contribution in [-0.2, 0) is 0 Å². The van der Waals surface area contributed by atoms with Gasteiger partial charge in [0.2, 0.25) is 0 Å². The third-order valence-corrected chi connectivity index (χ3v) is 3.35. The lowest BCUT2D eigenvalue weighted by molar-refractivity contribution is 0.250. The predicted molar refractivity (Wildman–Crippen MR) is 60.6 cm³/mol. The molecule has 0 spiro atoms. The van der Waals surface area contributed by atoms with Crippen molar-refractivity contribution < 1.29 is 0 Å². The van der Waals surface area contributed by atoms with E-state index in [1.807, 2.05) is 7.05 Å². The minimum atomic E-state index is 0.808. The van der Waals surface area contributed by atoms with Gasteiger partial charge in [-0.3, -0.25) is 0 Å². The molecule has 0 saturated heterocycles. The molecule has 1 aliphatic carbocycles. The van der Waals surface area contributed by atoms with E-state index in [4.69, 9.17) is 0 Å². The van der Waals surface area contributed by atoms with Crippen molar-refractivity contribution >= 4 is 0 Å². The van der Waals surface area contributed by atoms with Crippen molar-refractivity contribution in [1.82, 2.24) is 5.32 Å². The Morgan fingerprint density at radius 3 is 2.79 bits per heavy atom. The zero-order valence-corrected chi connectivity index (χ0v) is 9.09. The normalized spacial score (nSPS) is 25.9. The molecule has 0 aliphatic heterocycles. The lowest BCUT2D eigenvalue weighted by Crippen LogP contribution is -2.32. The van der Waals surface area contributed by atoms with Gasteiger partial charge < -0.3 is 5.32 Å². The Bertz CT molecular complexity index is 306. The second-order valence-electron chi connectivity index (χ2n) is 4.42. The van der Waals surface area contributed by atoms with E-state index >= 15 is 0 Å². The molecule has 0 aromatic heterocycles. The SMILES string of the molecule is CNCC1CCC1c1cccc(C)c1. The first-order valence-electron chi connectivity index (χ1n) is 5.52. The van der Waals surface area contributed by atoms with Gasteiger partial charge in [-0.1, -0.05) is 29.8 Å². The number of nitrogens with one attached hydrogen (secondary N) is 1. The summed E-state index contributed by atoms with van der Waals surface area (Å²) in [5, 5.41) is 3.28. The van der Waals surface area contributed by atoms with Gasteiger partial charge in [-0.2, -0.15) is 0 Å². The molecule has 1 saturated carbocycles. The van der Waals surface area contributed by atoms with Crippen LogP contribution in [0.5, 0.6) is 0 Å². The molecule has 76 valence electrons. The van der Waals surface area contributed by atoms with Crippen molar-refractivity contribution in [1.29, 1.82) is 0 Å². The number of aryl methyl sites for hydroxylation is 1. The minimum absolute atomic E-state index is 0.808. The van der Waals surface area contributed by atoms with Gasteiger partial charge in [-0.05, 0) is 50.8 Å². The Balaban J connectivity index is 2.08. The molecule has 0 bridgehead atoms. The topological polar surface area (TPSA) is 12.0 Å². The average molecular weight is 189 g/mol. The van der Waals surface area contributed by atoms with Gasteiger partial charge >= 0.3 is 0 Å². The van der Waals surface area contributed by atoms with E-state index in [1.165, 1.54) is 30.5 Å². The fourth-order valence-electron chi connectivity index (χ4n) is 2.42. The first kappa shape index (κ1) is 9.72. The molecule has 1 aromatic carbocycles. The van der Waals surface area contributed by atoms with E-state index < -0.39 is 0 Å². The second kappa shape index (κ2) is 4.14. The Labute approximate surface area is 86.5 Å². The van der Waals surface area contributed by atoms with Crippen LogP contribution in [0.25, 0.3) is 0 Å². The van der Waals surface area contributed by atoms with Crippen LogP contribution >= 0.6 is 0 Å². The lowest BCUT2D eigenvalue weighted by atomic mass is 9.70. The summed E-state index contributed by atoms with van der Waals surface area (Å²) >= 11 is 0. The van der Waals surface area contributed by atoms with Crippen LogP contribution in [0, 0.1) is 12.8 Å². The summed E-state index contributed by atoms with van der Waals surface area (Å²) < 4.78 is 0. The molecule has 1 aliphatic rings. The zero-order chi connectivity index (χ0) is 9.97. The number of benzene rings is 1. The maximum atomic E-state index is 3.28. The molecule has 1 heteroatoms. The van der Waals surface area contributed by atoms with Crippen molar-refractivity contribution in [3.63, 3.8) is 0 Å². The summed E-state index contributed by atoms with van der Waals surface area (Å²) in [5.74, 6) is 1.67. The van der Waals surface area contributed by atoms with Crippen molar-refractivity contribution in [3.05, 3.63) is 35.4 Å². The molecular formula is C13H19N. The Hall–Kier alpha value is -0.820.